The Kier molecular flexibility index (Phi) is 5.75. The molecule has 0 amide bonds. The molecule has 0 atom stereocenters. The number of furan rings is 1. The Hall–Kier alpha value is -3.19. The maximum atomic E-state index is 12.3. The molecule has 0 N–H and O–H groups in total. The number of carbonyl (C=O) groups excluding carboxylic acids is 1. The van der Waals surface area contributed by atoms with Gasteiger partial charge in [0.1, 0.15) is 23.9 Å². The minimum atomic E-state index is -0.426. The van der Waals surface area contributed by atoms with E-state index in [9.17, 15) is 14.9 Å². The average molecular weight is 397 g/mol. The molecule has 0 bridgehead atoms. The van der Waals surface area contributed by atoms with E-state index in [-0.39, 0.29) is 18.1 Å². The lowest BCUT2D eigenvalue weighted by atomic mass is 10.1. The van der Waals surface area contributed by atoms with Crippen LogP contribution in [0.5, 0.6) is 5.75 Å². The molecule has 0 saturated carbocycles. The molecule has 0 radical (unpaired) electrons. The fourth-order valence-electron chi connectivity index (χ4n) is 2.76. The van der Waals surface area contributed by atoms with Gasteiger partial charge in [0.05, 0.1) is 4.92 Å². The summed E-state index contributed by atoms with van der Waals surface area (Å²) in [6, 6.07) is 10.0. The molecule has 3 aromatic rings. The van der Waals surface area contributed by atoms with Gasteiger partial charge < -0.3 is 9.15 Å². The number of nitro groups is 1. The average Bonchev–Trinajstić information content (AvgIpc) is 3.23. The number of nitro benzene ring substituents is 1. The van der Waals surface area contributed by atoms with E-state index in [1.54, 1.807) is 48.6 Å². The van der Waals surface area contributed by atoms with Gasteiger partial charge in [-0.05, 0) is 63.3 Å². The van der Waals surface area contributed by atoms with E-state index in [0.29, 0.717) is 28.4 Å². The van der Waals surface area contributed by atoms with Crippen LogP contribution < -0.4 is 4.74 Å². The highest BCUT2D eigenvalue weighted by Gasteiger charge is 2.12. The fraction of sp³-hybridized carbons (Fsp3) is 0.190. The van der Waals surface area contributed by atoms with Crippen molar-refractivity contribution in [3.8, 4) is 5.75 Å². The van der Waals surface area contributed by atoms with E-state index in [0.717, 1.165) is 9.75 Å². The molecule has 144 valence electrons. The van der Waals surface area contributed by atoms with Crippen molar-refractivity contribution in [2.45, 2.75) is 27.4 Å². The highest BCUT2D eigenvalue weighted by Crippen LogP contribution is 2.24. The number of aryl methyl sites for hydroxylation is 3. The van der Waals surface area contributed by atoms with Crippen molar-refractivity contribution in [3.63, 3.8) is 0 Å². The molecule has 0 fully saturated rings. The first kappa shape index (κ1) is 19.6. The lowest BCUT2D eigenvalue weighted by Crippen LogP contribution is -1.96. The van der Waals surface area contributed by atoms with Gasteiger partial charge in [-0.3, -0.25) is 14.9 Å². The van der Waals surface area contributed by atoms with E-state index in [2.05, 4.69) is 0 Å². The van der Waals surface area contributed by atoms with Gasteiger partial charge in [-0.2, -0.15) is 0 Å². The van der Waals surface area contributed by atoms with Crippen LogP contribution in [0.15, 0.2) is 46.9 Å². The van der Waals surface area contributed by atoms with Gasteiger partial charge in [-0.25, -0.2) is 0 Å². The second kappa shape index (κ2) is 8.22. The van der Waals surface area contributed by atoms with Crippen molar-refractivity contribution in [1.29, 1.82) is 0 Å². The van der Waals surface area contributed by atoms with Crippen LogP contribution in [0.25, 0.3) is 6.08 Å². The first-order valence-corrected chi connectivity index (χ1v) is 9.41. The van der Waals surface area contributed by atoms with Crippen molar-refractivity contribution >= 4 is 28.9 Å². The molecule has 0 spiro atoms. The minimum absolute atomic E-state index is 0.0542. The number of nitrogens with zero attached hydrogens (tertiary/aromatic N) is 1. The molecular formula is C21H19NO5S. The Morgan fingerprint density at radius 1 is 1.21 bits per heavy atom. The third-order valence-electron chi connectivity index (χ3n) is 4.13. The number of hydrogen-bond acceptors (Lipinski definition) is 6. The zero-order valence-electron chi connectivity index (χ0n) is 15.7. The summed E-state index contributed by atoms with van der Waals surface area (Å²) in [6.45, 7) is 5.75. The Balaban J connectivity index is 1.61. The van der Waals surface area contributed by atoms with Gasteiger partial charge in [-0.15, -0.1) is 11.3 Å². The van der Waals surface area contributed by atoms with Gasteiger partial charge in [0.15, 0.2) is 5.78 Å². The maximum Gasteiger partial charge on any atom is 0.272 e. The number of ether oxygens (including phenoxy) is 1. The number of allylic oxidation sites excluding steroid dienone is 1. The van der Waals surface area contributed by atoms with Crippen LogP contribution in [-0.2, 0) is 6.61 Å². The van der Waals surface area contributed by atoms with E-state index < -0.39 is 4.92 Å². The lowest BCUT2D eigenvalue weighted by molar-refractivity contribution is -0.385. The zero-order chi connectivity index (χ0) is 20.3. The van der Waals surface area contributed by atoms with Crippen LogP contribution in [0.4, 0.5) is 5.69 Å². The van der Waals surface area contributed by atoms with Crippen LogP contribution in [0.3, 0.4) is 0 Å². The maximum absolute atomic E-state index is 12.3. The number of rotatable bonds is 7. The lowest BCUT2D eigenvalue weighted by Gasteiger charge is -2.05. The number of ketones is 1. The quantitative estimate of drug-likeness (QED) is 0.223. The van der Waals surface area contributed by atoms with Gasteiger partial charge in [0.2, 0.25) is 0 Å². The topological polar surface area (TPSA) is 82.6 Å². The fourth-order valence-corrected chi connectivity index (χ4v) is 3.69. The molecule has 0 aliphatic heterocycles. The predicted molar refractivity (Wildman–Crippen MR) is 108 cm³/mol. The van der Waals surface area contributed by atoms with Crippen LogP contribution >= 0.6 is 11.3 Å². The molecule has 2 heterocycles. The monoisotopic (exact) mass is 397 g/mol. The molecule has 0 unspecified atom stereocenters. The molecule has 3 rings (SSSR count). The summed E-state index contributed by atoms with van der Waals surface area (Å²) >= 11 is 1.60. The van der Waals surface area contributed by atoms with E-state index in [1.807, 2.05) is 19.9 Å². The SMILES string of the molecule is Cc1cc(C(=O)/C=C/c2ccc(COc3ccc([N+](=O)[O-])c(C)c3)o2)c(C)s1. The minimum Gasteiger partial charge on any atom is -0.486 e. The summed E-state index contributed by atoms with van der Waals surface area (Å²) < 4.78 is 11.3. The smallest absolute Gasteiger partial charge is 0.272 e. The number of hydrogen-bond donors (Lipinski definition) is 0. The van der Waals surface area contributed by atoms with E-state index in [1.165, 1.54) is 12.1 Å². The second-order valence-electron chi connectivity index (χ2n) is 6.32. The van der Waals surface area contributed by atoms with Crippen molar-refractivity contribution in [2.75, 3.05) is 0 Å². The Morgan fingerprint density at radius 2 is 2.00 bits per heavy atom. The number of carbonyl (C=O) groups is 1. The van der Waals surface area contributed by atoms with Crippen molar-refractivity contribution < 1.29 is 18.9 Å². The zero-order valence-corrected chi connectivity index (χ0v) is 16.5. The molecule has 28 heavy (non-hydrogen) atoms. The highest BCUT2D eigenvalue weighted by molar-refractivity contribution is 7.12. The summed E-state index contributed by atoms with van der Waals surface area (Å²) in [5.74, 6) is 1.61. The molecule has 1 aromatic carbocycles. The van der Waals surface area contributed by atoms with Crippen molar-refractivity contribution in [1.82, 2.24) is 0 Å². The molecule has 0 saturated heterocycles. The molecule has 0 aliphatic rings. The van der Waals surface area contributed by atoms with E-state index >= 15 is 0 Å². The van der Waals surface area contributed by atoms with E-state index in [4.69, 9.17) is 9.15 Å². The standard InChI is InChI=1S/C21H19NO5S/c1-13-10-17(6-8-20(13)22(24)25)26-12-18-5-4-16(27-18)7-9-21(23)19-11-14(2)28-15(19)3/h4-11H,12H2,1-3H3/b9-7+. The third kappa shape index (κ3) is 4.55. The van der Waals surface area contributed by atoms with Crippen LogP contribution in [0.2, 0.25) is 0 Å². The molecule has 6 nitrogen and oxygen atoms in total. The molecule has 0 aliphatic carbocycles. The van der Waals surface area contributed by atoms with Crippen LogP contribution in [0, 0.1) is 30.9 Å². The van der Waals surface area contributed by atoms with Gasteiger partial charge >= 0.3 is 0 Å². The Labute approximate surface area is 166 Å². The molecule has 2 aromatic heterocycles. The summed E-state index contributed by atoms with van der Waals surface area (Å²) in [4.78, 5) is 24.8. The van der Waals surface area contributed by atoms with Gasteiger partial charge in [0.25, 0.3) is 5.69 Å². The van der Waals surface area contributed by atoms with Gasteiger partial charge in [-0.1, -0.05) is 0 Å². The number of benzene rings is 1. The summed E-state index contributed by atoms with van der Waals surface area (Å²) in [7, 11) is 0. The largest absolute Gasteiger partial charge is 0.486 e. The van der Waals surface area contributed by atoms with Crippen molar-refractivity contribution in [3.05, 3.63) is 85.0 Å². The Morgan fingerprint density at radius 3 is 2.64 bits per heavy atom. The summed E-state index contributed by atoms with van der Waals surface area (Å²) in [5.41, 5.74) is 1.30. The summed E-state index contributed by atoms with van der Waals surface area (Å²) in [6.07, 6.45) is 3.13. The normalized spacial score (nSPS) is 11.1. The highest BCUT2D eigenvalue weighted by atomic mass is 32.1. The van der Waals surface area contributed by atoms with Crippen LogP contribution in [0.1, 0.15) is 37.2 Å². The predicted octanol–water partition coefficient (Wildman–Crippen LogP) is 5.65. The number of thiophene rings is 1. The molecule has 7 heteroatoms. The molecular weight excluding hydrogens is 378 g/mol. The third-order valence-corrected chi connectivity index (χ3v) is 5.10. The first-order valence-electron chi connectivity index (χ1n) is 8.59. The first-order chi connectivity index (χ1) is 13.3. The van der Waals surface area contributed by atoms with Gasteiger partial charge in [0, 0.05) is 26.9 Å². The summed E-state index contributed by atoms with van der Waals surface area (Å²) in [5, 5.41) is 10.9. The second-order valence-corrected chi connectivity index (χ2v) is 7.78. The van der Waals surface area contributed by atoms with Crippen molar-refractivity contribution in [2.24, 2.45) is 0 Å². The Bertz CT molecular complexity index is 1060. The van der Waals surface area contributed by atoms with Crippen LogP contribution in [-0.4, -0.2) is 10.7 Å².